The van der Waals surface area contributed by atoms with Crippen molar-refractivity contribution in [2.45, 2.75) is 26.4 Å². The highest BCUT2D eigenvalue weighted by atomic mass is 16.5. The van der Waals surface area contributed by atoms with Crippen LogP contribution in [0.2, 0.25) is 0 Å². The molecule has 0 bridgehead atoms. The fourth-order valence-corrected chi connectivity index (χ4v) is 1.28. The summed E-state index contributed by atoms with van der Waals surface area (Å²) in [7, 11) is 0. The molecule has 0 aliphatic rings. The predicted molar refractivity (Wildman–Crippen MR) is 70.1 cm³/mol. The van der Waals surface area contributed by atoms with Crippen molar-refractivity contribution < 1.29 is 9.47 Å². The van der Waals surface area contributed by atoms with Crippen LogP contribution in [-0.2, 0) is 11.3 Å². The van der Waals surface area contributed by atoms with Crippen molar-refractivity contribution in [1.82, 2.24) is 9.97 Å². The van der Waals surface area contributed by atoms with Crippen molar-refractivity contribution in [3.05, 3.63) is 24.5 Å². The summed E-state index contributed by atoms with van der Waals surface area (Å²) in [5.41, 5.74) is 2.48. The van der Waals surface area contributed by atoms with E-state index in [9.17, 15) is 0 Å². The molecule has 3 N–H and O–H groups in total. The van der Waals surface area contributed by atoms with Gasteiger partial charge in [-0.2, -0.15) is 4.98 Å². The van der Waals surface area contributed by atoms with Crippen LogP contribution in [0.3, 0.4) is 0 Å². The molecule has 6 heteroatoms. The fraction of sp³-hybridized carbons (Fsp3) is 0.500. The Bertz CT molecular complexity index is 371. The summed E-state index contributed by atoms with van der Waals surface area (Å²) >= 11 is 0. The van der Waals surface area contributed by atoms with Gasteiger partial charge in [0.15, 0.2) is 5.82 Å². The lowest BCUT2D eigenvalue weighted by Crippen LogP contribution is -2.12. The molecule has 6 nitrogen and oxygen atoms in total. The Balaban J connectivity index is 2.61. The second-order valence-electron chi connectivity index (χ2n) is 3.57. The molecular formula is C12H20N4O2. The maximum Gasteiger partial charge on any atom is 0.218 e. The van der Waals surface area contributed by atoms with E-state index in [0.717, 1.165) is 12.8 Å². The van der Waals surface area contributed by atoms with E-state index in [-0.39, 0.29) is 0 Å². The van der Waals surface area contributed by atoms with E-state index >= 15 is 0 Å². The first kappa shape index (κ1) is 14.4. The molecule has 18 heavy (non-hydrogen) atoms. The second kappa shape index (κ2) is 8.43. The lowest BCUT2D eigenvalue weighted by Gasteiger charge is -2.08. The summed E-state index contributed by atoms with van der Waals surface area (Å²) < 4.78 is 10.8. The topological polar surface area (TPSA) is 82.3 Å². The van der Waals surface area contributed by atoms with Gasteiger partial charge in [0, 0.05) is 12.7 Å². The van der Waals surface area contributed by atoms with E-state index in [1.807, 2.05) is 13.0 Å². The molecule has 0 radical (unpaired) electrons. The van der Waals surface area contributed by atoms with Gasteiger partial charge < -0.3 is 14.9 Å². The quantitative estimate of drug-likeness (QED) is 0.301. The van der Waals surface area contributed by atoms with Crippen molar-refractivity contribution in [1.29, 1.82) is 0 Å². The predicted octanol–water partition coefficient (Wildman–Crippen LogP) is 1.64. The summed E-state index contributed by atoms with van der Waals surface area (Å²) in [4.78, 5) is 8.40. The highest BCUT2D eigenvalue weighted by Crippen LogP contribution is 2.13. The first-order chi connectivity index (χ1) is 8.80. The minimum absolute atomic E-state index is 0.342. The lowest BCUT2D eigenvalue weighted by molar-refractivity contribution is 0.127. The molecule has 0 aliphatic heterocycles. The van der Waals surface area contributed by atoms with E-state index in [1.165, 1.54) is 0 Å². The summed E-state index contributed by atoms with van der Waals surface area (Å²) in [5.74, 6) is 6.90. The zero-order valence-electron chi connectivity index (χ0n) is 10.7. The number of nitrogens with zero attached hydrogens (tertiary/aromatic N) is 2. The molecule has 0 fully saturated rings. The summed E-state index contributed by atoms with van der Waals surface area (Å²) in [5, 5.41) is 0. The molecule has 1 heterocycles. The molecule has 100 valence electrons. The number of rotatable bonds is 9. The third kappa shape index (κ3) is 5.11. The summed E-state index contributed by atoms with van der Waals surface area (Å²) in [6.07, 6.45) is 3.68. The molecule has 0 aromatic carbocycles. The van der Waals surface area contributed by atoms with Crippen molar-refractivity contribution in [3.8, 4) is 5.88 Å². The van der Waals surface area contributed by atoms with Gasteiger partial charge in [-0.25, -0.2) is 10.8 Å². The smallest absolute Gasteiger partial charge is 0.218 e. The molecule has 1 aromatic rings. The number of hydrogen-bond acceptors (Lipinski definition) is 6. The zero-order valence-corrected chi connectivity index (χ0v) is 10.7. The van der Waals surface area contributed by atoms with E-state index in [2.05, 4.69) is 22.0 Å². The maximum absolute atomic E-state index is 5.52. The minimum atomic E-state index is 0.342. The van der Waals surface area contributed by atoms with Crippen LogP contribution in [0.1, 0.15) is 25.6 Å². The van der Waals surface area contributed by atoms with E-state index in [1.54, 1.807) is 6.07 Å². The standard InChI is InChI=1S/C12H20N4O2/c1-3-5-6-7-18-12-8-10(16-13)14-11(15-12)9-17-4-2/h3,8H,1,4-7,9,13H2,2H3,(H,14,15,16). The van der Waals surface area contributed by atoms with Crippen LogP contribution in [0.4, 0.5) is 5.82 Å². The Labute approximate surface area is 107 Å². The third-order valence-electron chi connectivity index (χ3n) is 2.13. The first-order valence-electron chi connectivity index (χ1n) is 5.96. The number of hydrazine groups is 1. The molecule has 1 rings (SSSR count). The first-order valence-corrected chi connectivity index (χ1v) is 5.96. The molecule has 1 aromatic heterocycles. The fourth-order valence-electron chi connectivity index (χ4n) is 1.28. The van der Waals surface area contributed by atoms with Gasteiger partial charge in [0.05, 0.1) is 6.61 Å². The van der Waals surface area contributed by atoms with Crippen LogP contribution in [0.5, 0.6) is 5.88 Å². The van der Waals surface area contributed by atoms with Crippen LogP contribution >= 0.6 is 0 Å². The average Bonchev–Trinajstić information content (AvgIpc) is 2.41. The van der Waals surface area contributed by atoms with Crippen LogP contribution in [-0.4, -0.2) is 23.2 Å². The highest BCUT2D eigenvalue weighted by Gasteiger charge is 2.05. The van der Waals surface area contributed by atoms with Crippen LogP contribution < -0.4 is 16.0 Å². The van der Waals surface area contributed by atoms with E-state index < -0.39 is 0 Å². The number of nitrogens with two attached hydrogens (primary N) is 1. The zero-order chi connectivity index (χ0) is 13.2. The van der Waals surface area contributed by atoms with Gasteiger partial charge in [-0.1, -0.05) is 6.08 Å². The Morgan fingerprint density at radius 2 is 2.33 bits per heavy atom. The van der Waals surface area contributed by atoms with Gasteiger partial charge >= 0.3 is 0 Å². The molecule has 0 atom stereocenters. The number of anilines is 1. The Hall–Kier alpha value is -1.66. The molecule has 0 aliphatic carbocycles. The van der Waals surface area contributed by atoms with Gasteiger partial charge in [-0.05, 0) is 19.8 Å². The molecule has 0 spiro atoms. The Morgan fingerprint density at radius 3 is 3.00 bits per heavy atom. The number of aromatic nitrogens is 2. The lowest BCUT2D eigenvalue weighted by atomic mass is 10.3. The number of nitrogen functional groups attached to an aromatic ring is 1. The molecular weight excluding hydrogens is 232 g/mol. The SMILES string of the molecule is C=CCCCOc1cc(NN)nc(COCC)n1. The Morgan fingerprint density at radius 1 is 1.50 bits per heavy atom. The van der Waals surface area contributed by atoms with Crippen molar-refractivity contribution in [3.63, 3.8) is 0 Å². The molecule has 0 saturated carbocycles. The normalized spacial score (nSPS) is 10.1. The number of nitrogens with one attached hydrogen (secondary N) is 1. The van der Waals surface area contributed by atoms with Crippen LogP contribution in [0.25, 0.3) is 0 Å². The van der Waals surface area contributed by atoms with E-state index in [4.69, 9.17) is 15.3 Å². The molecule has 0 unspecified atom stereocenters. The number of allylic oxidation sites excluding steroid dienone is 1. The number of unbranched alkanes of at least 4 members (excludes halogenated alkanes) is 1. The minimum Gasteiger partial charge on any atom is -0.478 e. The monoisotopic (exact) mass is 252 g/mol. The second-order valence-corrected chi connectivity index (χ2v) is 3.57. The van der Waals surface area contributed by atoms with Crippen LogP contribution in [0, 0.1) is 0 Å². The maximum atomic E-state index is 5.52. The Kier molecular flexibility index (Phi) is 6.75. The van der Waals surface area contributed by atoms with Crippen molar-refractivity contribution in [2.75, 3.05) is 18.6 Å². The largest absolute Gasteiger partial charge is 0.478 e. The average molecular weight is 252 g/mol. The molecule has 0 saturated heterocycles. The summed E-state index contributed by atoms with van der Waals surface area (Å²) in [6, 6.07) is 1.66. The van der Waals surface area contributed by atoms with Gasteiger partial charge in [0.25, 0.3) is 0 Å². The van der Waals surface area contributed by atoms with E-state index in [0.29, 0.717) is 37.3 Å². The van der Waals surface area contributed by atoms with Gasteiger partial charge in [-0.3, -0.25) is 0 Å². The van der Waals surface area contributed by atoms with Gasteiger partial charge in [0.2, 0.25) is 5.88 Å². The number of ether oxygens (including phenoxy) is 2. The van der Waals surface area contributed by atoms with Gasteiger partial charge in [0.1, 0.15) is 12.4 Å². The molecule has 0 amide bonds. The third-order valence-corrected chi connectivity index (χ3v) is 2.13. The van der Waals surface area contributed by atoms with Gasteiger partial charge in [-0.15, -0.1) is 6.58 Å². The highest BCUT2D eigenvalue weighted by molar-refractivity contribution is 5.36. The number of hydrogen-bond donors (Lipinski definition) is 2. The summed E-state index contributed by atoms with van der Waals surface area (Å²) in [6.45, 7) is 7.11. The van der Waals surface area contributed by atoms with Crippen LogP contribution in [0.15, 0.2) is 18.7 Å². The van der Waals surface area contributed by atoms with Crippen molar-refractivity contribution in [2.24, 2.45) is 5.84 Å². The van der Waals surface area contributed by atoms with Crippen molar-refractivity contribution >= 4 is 5.82 Å².